The highest BCUT2D eigenvalue weighted by Crippen LogP contribution is 2.19. The molecule has 0 aromatic heterocycles. The number of hydrogen-bond donors (Lipinski definition) is 4. The summed E-state index contributed by atoms with van der Waals surface area (Å²) in [6.45, 7) is 1.35. The van der Waals surface area contributed by atoms with E-state index < -0.39 is 28.2 Å². The van der Waals surface area contributed by atoms with Gasteiger partial charge in [-0.25, -0.2) is 9.52 Å². The van der Waals surface area contributed by atoms with Gasteiger partial charge in [0, 0.05) is 31.8 Å². The lowest BCUT2D eigenvalue weighted by molar-refractivity contribution is -0.120. The molecule has 0 aliphatic carbocycles. The summed E-state index contributed by atoms with van der Waals surface area (Å²) in [6, 6.07) is 19.5. The summed E-state index contributed by atoms with van der Waals surface area (Å²) in [5.74, 6) is -0.0996. The third-order valence-corrected chi connectivity index (χ3v) is 6.32. The molecule has 0 aliphatic heterocycles. The molecule has 3 aromatic carbocycles. The van der Waals surface area contributed by atoms with Crippen molar-refractivity contribution in [1.29, 1.82) is 0 Å². The van der Waals surface area contributed by atoms with Crippen LogP contribution in [0.5, 0.6) is 5.75 Å². The third kappa shape index (κ3) is 8.23. The monoisotopic (exact) mass is 539 g/mol. The third-order valence-electron chi connectivity index (χ3n) is 5.36. The lowest BCUT2D eigenvalue weighted by Gasteiger charge is -2.25. The Kier molecular flexibility index (Phi) is 9.28. The van der Waals surface area contributed by atoms with Crippen LogP contribution in [-0.2, 0) is 26.2 Å². The number of carbonyl (C=O) groups is 3. The van der Waals surface area contributed by atoms with Gasteiger partial charge in [0.25, 0.3) is 0 Å². The Morgan fingerprint density at radius 1 is 0.895 bits per heavy atom. The molecule has 3 rings (SSSR count). The SMILES string of the molecule is COc1ccc(N(C)C(=O)C(Cc2ccccc2)NC(=O)NS(=O)(=O)Nc2ccc(NC(C)=O)cc2)cc1. The minimum absolute atomic E-state index is 0.131. The van der Waals surface area contributed by atoms with Crippen LogP contribution in [0, 0.1) is 0 Å². The number of ether oxygens (including phenoxy) is 1. The maximum Gasteiger partial charge on any atom is 0.330 e. The predicted octanol–water partition coefficient (Wildman–Crippen LogP) is 2.88. The van der Waals surface area contributed by atoms with E-state index in [-0.39, 0.29) is 18.0 Å². The molecule has 4 amide bonds. The summed E-state index contributed by atoms with van der Waals surface area (Å²) in [7, 11) is -1.24. The first-order chi connectivity index (χ1) is 18.1. The van der Waals surface area contributed by atoms with E-state index in [2.05, 4.69) is 15.4 Å². The molecule has 1 atom stereocenters. The Hall–Kier alpha value is -4.58. The number of methoxy groups -OCH3 is 1. The van der Waals surface area contributed by atoms with E-state index in [0.29, 0.717) is 17.1 Å². The van der Waals surface area contributed by atoms with Crippen LogP contribution in [0.15, 0.2) is 78.9 Å². The minimum atomic E-state index is -4.33. The van der Waals surface area contributed by atoms with Crippen molar-refractivity contribution in [2.75, 3.05) is 29.1 Å². The maximum absolute atomic E-state index is 13.4. The summed E-state index contributed by atoms with van der Waals surface area (Å²) < 4.78 is 34.3. The van der Waals surface area contributed by atoms with Crippen LogP contribution in [-0.4, -0.2) is 46.5 Å². The van der Waals surface area contributed by atoms with Crippen LogP contribution < -0.4 is 29.7 Å². The fourth-order valence-electron chi connectivity index (χ4n) is 3.53. The van der Waals surface area contributed by atoms with E-state index in [0.717, 1.165) is 5.56 Å². The van der Waals surface area contributed by atoms with Gasteiger partial charge in [-0.1, -0.05) is 30.3 Å². The smallest absolute Gasteiger partial charge is 0.330 e. The molecule has 1 unspecified atom stereocenters. The summed E-state index contributed by atoms with van der Waals surface area (Å²) in [5.41, 5.74) is 1.98. The van der Waals surface area contributed by atoms with Gasteiger partial charge in [-0.2, -0.15) is 8.42 Å². The number of likely N-dealkylation sites (N-methyl/N-ethyl adjacent to an activating group) is 1. The van der Waals surface area contributed by atoms with E-state index in [1.807, 2.05) is 10.8 Å². The average Bonchev–Trinajstić information content (AvgIpc) is 2.88. The van der Waals surface area contributed by atoms with Gasteiger partial charge in [-0.05, 0) is 54.1 Å². The summed E-state index contributed by atoms with van der Waals surface area (Å²) in [4.78, 5) is 38.6. The Balaban J connectivity index is 1.71. The molecule has 0 saturated carbocycles. The molecule has 0 fully saturated rings. The van der Waals surface area contributed by atoms with Gasteiger partial charge < -0.3 is 20.3 Å². The molecule has 0 saturated heterocycles. The zero-order valence-corrected chi connectivity index (χ0v) is 21.9. The van der Waals surface area contributed by atoms with Gasteiger partial charge in [-0.3, -0.25) is 14.3 Å². The number of carbonyl (C=O) groups excluding carboxylic acids is 3. The van der Waals surface area contributed by atoms with Gasteiger partial charge in [0.1, 0.15) is 11.8 Å². The highest BCUT2D eigenvalue weighted by atomic mass is 32.2. The first-order valence-electron chi connectivity index (χ1n) is 11.5. The van der Waals surface area contributed by atoms with E-state index >= 15 is 0 Å². The quantitative estimate of drug-likeness (QED) is 0.312. The molecule has 11 nitrogen and oxygen atoms in total. The van der Waals surface area contributed by atoms with Crippen molar-refractivity contribution in [2.24, 2.45) is 0 Å². The summed E-state index contributed by atoms with van der Waals surface area (Å²) >= 11 is 0. The van der Waals surface area contributed by atoms with Crippen molar-refractivity contribution in [3.8, 4) is 5.75 Å². The van der Waals surface area contributed by atoms with E-state index in [9.17, 15) is 22.8 Å². The number of amides is 4. The second kappa shape index (κ2) is 12.6. The van der Waals surface area contributed by atoms with Gasteiger partial charge in [0.2, 0.25) is 11.8 Å². The molecular formula is C26H29N5O6S. The van der Waals surface area contributed by atoms with Crippen molar-refractivity contribution < 1.29 is 27.5 Å². The summed E-state index contributed by atoms with van der Waals surface area (Å²) in [6.07, 6.45) is 0.131. The fourth-order valence-corrected chi connectivity index (χ4v) is 4.33. The second-order valence-electron chi connectivity index (χ2n) is 8.28. The van der Waals surface area contributed by atoms with E-state index in [1.165, 1.54) is 43.2 Å². The van der Waals surface area contributed by atoms with Crippen molar-refractivity contribution in [3.05, 3.63) is 84.4 Å². The molecule has 200 valence electrons. The number of nitrogens with one attached hydrogen (secondary N) is 4. The highest BCUT2D eigenvalue weighted by molar-refractivity contribution is 7.91. The average molecular weight is 540 g/mol. The zero-order chi connectivity index (χ0) is 27.7. The first kappa shape index (κ1) is 28.0. The topological polar surface area (TPSA) is 146 Å². The summed E-state index contributed by atoms with van der Waals surface area (Å²) in [5, 5.41) is 5.05. The Morgan fingerprint density at radius 3 is 2.08 bits per heavy atom. The molecule has 0 heterocycles. The lowest BCUT2D eigenvalue weighted by Crippen LogP contribution is -2.53. The Morgan fingerprint density at radius 2 is 1.50 bits per heavy atom. The largest absolute Gasteiger partial charge is 0.497 e. The Bertz CT molecular complexity index is 1360. The standard InChI is InChI=1S/C26H29N5O6S/c1-18(32)27-20-9-11-21(12-10-20)29-38(35,36)30-26(34)28-24(17-19-7-5-4-6-8-19)25(33)31(2)22-13-15-23(37-3)16-14-22/h4-16,24,29H,17H2,1-3H3,(H,27,32)(H2,28,30,34). The van der Waals surface area contributed by atoms with Crippen LogP contribution >= 0.6 is 0 Å². The van der Waals surface area contributed by atoms with Crippen molar-refractivity contribution in [1.82, 2.24) is 10.0 Å². The van der Waals surface area contributed by atoms with Crippen LogP contribution in [0.2, 0.25) is 0 Å². The second-order valence-corrected chi connectivity index (χ2v) is 9.69. The van der Waals surface area contributed by atoms with Gasteiger partial charge in [-0.15, -0.1) is 0 Å². The predicted molar refractivity (Wildman–Crippen MR) is 145 cm³/mol. The van der Waals surface area contributed by atoms with Gasteiger partial charge >= 0.3 is 16.2 Å². The van der Waals surface area contributed by atoms with Crippen LogP contribution in [0.4, 0.5) is 21.9 Å². The van der Waals surface area contributed by atoms with Crippen molar-refractivity contribution in [3.63, 3.8) is 0 Å². The maximum atomic E-state index is 13.4. The van der Waals surface area contributed by atoms with Crippen molar-refractivity contribution in [2.45, 2.75) is 19.4 Å². The zero-order valence-electron chi connectivity index (χ0n) is 21.1. The van der Waals surface area contributed by atoms with E-state index in [1.54, 1.807) is 55.6 Å². The van der Waals surface area contributed by atoms with Crippen LogP contribution in [0.25, 0.3) is 0 Å². The van der Waals surface area contributed by atoms with Crippen molar-refractivity contribution >= 4 is 45.1 Å². The molecule has 0 spiro atoms. The van der Waals surface area contributed by atoms with E-state index in [4.69, 9.17) is 4.74 Å². The lowest BCUT2D eigenvalue weighted by atomic mass is 10.0. The molecule has 12 heteroatoms. The van der Waals surface area contributed by atoms with Crippen LogP contribution in [0.3, 0.4) is 0 Å². The van der Waals surface area contributed by atoms with Crippen LogP contribution in [0.1, 0.15) is 12.5 Å². The van der Waals surface area contributed by atoms with Gasteiger partial charge in [0.15, 0.2) is 0 Å². The molecule has 0 bridgehead atoms. The molecule has 0 aliphatic rings. The molecular weight excluding hydrogens is 510 g/mol. The molecule has 3 aromatic rings. The minimum Gasteiger partial charge on any atom is -0.497 e. The van der Waals surface area contributed by atoms with Gasteiger partial charge in [0.05, 0.1) is 12.8 Å². The fraction of sp³-hybridized carbons (Fsp3) is 0.192. The number of urea groups is 1. The number of nitrogens with zero attached hydrogens (tertiary/aromatic N) is 1. The number of hydrogen-bond acceptors (Lipinski definition) is 6. The number of benzene rings is 3. The first-order valence-corrected chi connectivity index (χ1v) is 13.0. The number of anilines is 3. The highest BCUT2D eigenvalue weighted by Gasteiger charge is 2.27. The molecule has 0 radical (unpaired) electrons. The molecule has 38 heavy (non-hydrogen) atoms. The number of rotatable bonds is 10. The Labute approximate surface area is 221 Å². The normalized spacial score (nSPS) is 11.6. The molecule has 4 N–H and O–H groups in total.